The van der Waals surface area contributed by atoms with Gasteiger partial charge < -0.3 is 14.9 Å². The predicted octanol–water partition coefficient (Wildman–Crippen LogP) is 2.64. The normalized spacial score (nSPS) is 19.2. The zero-order chi connectivity index (χ0) is 18.9. The quantitative estimate of drug-likeness (QED) is 0.728. The van der Waals surface area contributed by atoms with E-state index in [1.807, 2.05) is 43.0 Å². The van der Waals surface area contributed by atoms with Crippen LogP contribution in [-0.2, 0) is 6.54 Å². The van der Waals surface area contributed by atoms with Gasteiger partial charge in [0.1, 0.15) is 17.0 Å². The van der Waals surface area contributed by atoms with Crippen molar-refractivity contribution in [2.75, 3.05) is 0 Å². The van der Waals surface area contributed by atoms with Gasteiger partial charge in [0.25, 0.3) is 0 Å². The van der Waals surface area contributed by atoms with Gasteiger partial charge in [0, 0.05) is 37.1 Å². The number of rotatable bonds is 2. The van der Waals surface area contributed by atoms with E-state index in [4.69, 9.17) is 0 Å². The van der Waals surface area contributed by atoms with Crippen LogP contribution in [0.2, 0.25) is 0 Å². The summed E-state index contributed by atoms with van der Waals surface area (Å²) >= 11 is 0. The fourth-order valence-corrected chi connectivity index (χ4v) is 3.62. The van der Waals surface area contributed by atoms with E-state index >= 15 is 0 Å². The number of allylic oxidation sites excluding steroid dienone is 2. The van der Waals surface area contributed by atoms with Gasteiger partial charge in [0.2, 0.25) is 0 Å². The Morgan fingerprint density at radius 2 is 2.00 bits per heavy atom. The molecule has 6 heteroatoms. The highest BCUT2D eigenvalue weighted by Crippen LogP contribution is 2.28. The minimum absolute atomic E-state index is 0.306. The van der Waals surface area contributed by atoms with Crippen LogP contribution in [0.5, 0.6) is 0 Å². The average Bonchev–Trinajstić information content (AvgIpc) is 3.36. The number of halogens is 1. The van der Waals surface area contributed by atoms with E-state index in [0.717, 1.165) is 33.3 Å². The van der Waals surface area contributed by atoms with E-state index in [1.54, 1.807) is 6.08 Å². The van der Waals surface area contributed by atoms with Crippen molar-refractivity contribution in [1.82, 2.24) is 19.9 Å². The van der Waals surface area contributed by atoms with Crippen LogP contribution in [-0.4, -0.2) is 20.7 Å². The first-order valence-corrected chi connectivity index (χ1v) is 9.13. The van der Waals surface area contributed by atoms with Gasteiger partial charge in [-0.25, -0.2) is 14.4 Å². The Hall–Kier alpha value is -3.67. The first-order valence-electron chi connectivity index (χ1n) is 9.13. The molecule has 5 rings (SSSR count). The molecule has 138 valence electrons. The molecule has 0 radical (unpaired) electrons. The summed E-state index contributed by atoms with van der Waals surface area (Å²) in [5, 5.41) is 4.83. The number of aromatic amines is 1. The van der Waals surface area contributed by atoms with Crippen molar-refractivity contribution in [3.8, 4) is 0 Å². The number of hydrogen-bond acceptors (Lipinski definition) is 3. The molecule has 0 bridgehead atoms. The summed E-state index contributed by atoms with van der Waals surface area (Å²) in [5.74, 6) is 0.544. The summed E-state index contributed by atoms with van der Waals surface area (Å²) in [7, 11) is 0. The highest BCUT2D eigenvalue weighted by Gasteiger charge is 2.17. The summed E-state index contributed by atoms with van der Waals surface area (Å²) in [6.07, 6.45) is 10.9. The lowest BCUT2D eigenvalue weighted by atomic mass is 10.0. The molecule has 4 heterocycles. The van der Waals surface area contributed by atoms with Crippen LogP contribution >= 0.6 is 0 Å². The lowest BCUT2D eigenvalue weighted by molar-refractivity contribution is 0.656. The van der Waals surface area contributed by atoms with Crippen LogP contribution in [0.15, 0.2) is 78.1 Å². The topological polar surface area (TPSA) is 58.0 Å². The average molecular weight is 371 g/mol. The zero-order valence-electron chi connectivity index (χ0n) is 15.1. The van der Waals surface area contributed by atoms with E-state index < -0.39 is 0 Å². The van der Waals surface area contributed by atoms with Crippen molar-refractivity contribution in [2.24, 2.45) is 4.99 Å². The first-order chi connectivity index (χ1) is 13.8. The lowest BCUT2D eigenvalue weighted by Gasteiger charge is -2.12. The molecule has 2 aromatic heterocycles. The largest absolute Gasteiger partial charge is 0.357 e. The second kappa shape index (κ2) is 6.81. The second-order valence-electron chi connectivity index (χ2n) is 6.71. The smallest absolute Gasteiger partial charge is 0.139 e. The molecule has 2 aliphatic rings. The number of benzene rings is 1. The van der Waals surface area contributed by atoms with Gasteiger partial charge in [0.05, 0.1) is 17.4 Å². The summed E-state index contributed by atoms with van der Waals surface area (Å²) in [6, 6.07) is 12.3. The lowest BCUT2D eigenvalue weighted by Crippen LogP contribution is -2.37. The molecular weight excluding hydrogens is 353 g/mol. The van der Waals surface area contributed by atoms with Gasteiger partial charge >= 0.3 is 0 Å². The summed E-state index contributed by atoms with van der Waals surface area (Å²) in [5.41, 5.74) is 4.18. The van der Waals surface area contributed by atoms with Crippen LogP contribution in [0.4, 0.5) is 10.2 Å². The van der Waals surface area contributed by atoms with Crippen LogP contribution in [0.25, 0.3) is 11.3 Å². The molecule has 0 unspecified atom stereocenters. The SMILES string of the molecule is FC1=CNC(=c2ncn(Cc3ccccc3)c2=C2CC=Nc3[nH]ccc32)C=C1. The maximum atomic E-state index is 13.4. The molecule has 0 atom stereocenters. The van der Waals surface area contributed by atoms with E-state index in [0.29, 0.717) is 13.0 Å². The third-order valence-corrected chi connectivity index (χ3v) is 4.92. The molecule has 0 fully saturated rings. The van der Waals surface area contributed by atoms with Gasteiger partial charge in [-0.15, -0.1) is 0 Å². The minimum Gasteiger partial charge on any atom is -0.357 e. The molecule has 1 aromatic carbocycles. The molecule has 0 aliphatic carbocycles. The maximum Gasteiger partial charge on any atom is 0.139 e. The number of imidazole rings is 1. The Morgan fingerprint density at radius 3 is 2.82 bits per heavy atom. The number of fused-ring (bicyclic) bond motifs is 1. The third-order valence-electron chi connectivity index (χ3n) is 4.92. The highest BCUT2D eigenvalue weighted by atomic mass is 19.1. The van der Waals surface area contributed by atoms with Crippen molar-refractivity contribution >= 4 is 23.3 Å². The summed E-state index contributed by atoms with van der Waals surface area (Å²) in [4.78, 5) is 12.3. The Labute approximate surface area is 161 Å². The van der Waals surface area contributed by atoms with Gasteiger partial charge in [-0.05, 0) is 29.4 Å². The number of aliphatic imine (C=N–C) groups is 1. The van der Waals surface area contributed by atoms with E-state index in [9.17, 15) is 4.39 Å². The zero-order valence-corrected chi connectivity index (χ0v) is 15.1. The minimum atomic E-state index is -0.306. The molecule has 5 nitrogen and oxygen atoms in total. The third kappa shape index (κ3) is 2.89. The standard InChI is InChI=1S/C22H18FN5/c23-16-6-7-19(26-12-16)20-21(17-8-10-24-22-18(17)9-11-25-22)28(14-27-20)13-15-4-2-1-3-5-15/h1-7,9-12,14,25-26H,8,13H2. The van der Waals surface area contributed by atoms with Gasteiger partial charge in [-0.1, -0.05) is 30.3 Å². The van der Waals surface area contributed by atoms with Crippen molar-refractivity contribution in [1.29, 1.82) is 0 Å². The first kappa shape index (κ1) is 16.5. The predicted molar refractivity (Wildman–Crippen MR) is 108 cm³/mol. The van der Waals surface area contributed by atoms with Crippen LogP contribution in [0.3, 0.4) is 0 Å². The highest BCUT2D eigenvalue weighted by molar-refractivity contribution is 5.88. The van der Waals surface area contributed by atoms with Crippen LogP contribution in [0, 0.1) is 0 Å². The Balaban J connectivity index is 1.78. The van der Waals surface area contributed by atoms with E-state index in [1.165, 1.54) is 17.8 Å². The number of hydrogen-bond donors (Lipinski definition) is 2. The van der Waals surface area contributed by atoms with Crippen molar-refractivity contribution in [3.63, 3.8) is 0 Å². The van der Waals surface area contributed by atoms with Crippen molar-refractivity contribution < 1.29 is 4.39 Å². The number of aromatic nitrogens is 3. The van der Waals surface area contributed by atoms with Gasteiger partial charge in [-0.2, -0.15) is 0 Å². The molecule has 0 saturated heterocycles. The Kier molecular flexibility index (Phi) is 4.01. The fourth-order valence-electron chi connectivity index (χ4n) is 3.62. The van der Waals surface area contributed by atoms with Crippen molar-refractivity contribution in [2.45, 2.75) is 13.0 Å². The molecule has 2 N–H and O–H groups in total. The molecular formula is C22H18FN5. The van der Waals surface area contributed by atoms with Gasteiger partial charge in [-0.3, -0.25) is 0 Å². The van der Waals surface area contributed by atoms with E-state index in [2.05, 4.69) is 37.0 Å². The molecule has 2 aliphatic heterocycles. The van der Waals surface area contributed by atoms with Gasteiger partial charge in [0.15, 0.2) is 0 Å². The summed E-state index contributed by atoms with van der Waals surface area (Å²) < 4.78 is 15.6. The molecule has 28 heavy (non-hydrogen) atoms. The molecule has 3 aromatic rings. The Bertz CT molecular complexity index is 1240. The number of nitrogens with one attached hydrogen (secondary N) is 2. The Morgan fingerprint density at radius 1 is 1.11 bits per heavy atom. The van der Waals surface area contributed by atoms with Crippen LogP contribution < -0.4 is 16.0 Å². The molecule has 0 spiro atoms. The molecule has 0 amide bonds. The van der Waals surface area contributed by atoms with E-state index in [-0.39, 0.29) is 5.83 Å². The number of H-pyrrole nitrogens is 1. The second-order valence-corrected chi connectivity index (χ2v) is 6.71. The molecule has 0 saturated carbocycles. The number of nitrogens with zero attached hydrogens (tertiary/aromatic N) is 3. The van der Waals surface area contributed by atoms with Crippen LogP contribution in [0.1, 0.15) is 17.5 Å². The monoisotopic (exact) mass is 371 g/mol. The summed E-state index contributed by atoms with van der Waals surface area (Å²) in [6.45, 7) is 0.699. The number of dihydropyridines is 1. The fraction of sp³-hybridized carbons (Fsp3) is 0.0909. The van der Waals surface area contributed by atoms with Crippen molar-refractivity contribution in [3.05, 3.63) is 94.9 Å². The maximum absolute atomic E-state index is 13.4.